The number of nitrogens with zero attached hydrogens (tertiary/aromatic N) is 2. The summed E-state index contributed by atoms with van der Waals surface area (Å²) >= 11 is 0. The molecule has 0 unspecified atom stereocenters. The number of rotatable bonds is 3. The number of hydrazine groups is 1. The Morgan fingerprint density at radius 2 is 1.07 bits per heavy atom. The number of halogens is 4. The molecule has 0 aliphatic carbocycles. The average molecular weight is 392 g/mol. The van der Waals surface area contributed by atoms with Crippen LogP contribution < -0.4 is 0 Å². The van der Waals surface area contributed by atoms with Crippen LogP contribution in [0.4, 0.5) is 17.6 Å². The molecule has 0 radical (unpaired) electrons. The summed E-state index contributed by atoms with van der Waals surface area (Å²) in [6, 6.07) is 8.00. The molecule has 2 fully saturated rings. The third-order valence-electron chi connectivity index (χ3n) is 6.11. The lowest BCUT2D eigenvalue weighted by Gasteiger charge is -2.43. The zero-order valence-electron chi connectivity index (χ0n) is 15.7. The maximum absolute atomic E-state index is 13.5. The van der Waals surface area contributed by atoms with E-state index in [0.717, 1.165) is 69.1 Å². The standard InChI is InChI=1S/C22H24F4N2/c23-19-11-18(12-20(24)14-19)16-5-9-28(10-6-16)27-7-3-15(4-8-27)17-1-2-21(25)22(26)13-17/h1-2,11-16H,3-10H2. The van der Waals surface area contributed by atoms with Crippen molar-refractivity contribution in [2.75, 3.05) is 26.2 Å². The molecule has 2 aromatic carbocycles. The van der Waals surface area contributed by atoms with Crippen molar-refractivity contribution in [2.45, 2.75) is 37.5 Å². The highest BCUT2D eigenvalue weighted by atomic mass is 19.2. The monoisotopic (exact) mass is 392 g/mol. The van der Waals surface area contributed by atoms with Crippen molar-refractivity contribution in [3.8, 4) is 0 Å². The zero-order valence-corrected chi connectivity index (χ0v) is 15.7. The maximum Gasteiger partial charge on any atom is 0.159 e. The fourth-order valence-corrected chi connectivity index (χ4v) is 4.54. The van der Waals surface area contributed by atoms with Crippen LogP contribution in [0.2, 0.25) is 0 Å². The molecule has 0 bridgehead atoms. The van der Waals surface area contributed by atoms with E-state index in [1.807, 2.05) is 0 Å². The lowest BCUT2D eigenvalue weighted by atomic mass is 9.88. The smallest absolute Gasteiger partial charge is 0.159 e. The molecule has 2 heterocycles. The molecular formula is C22H24F4N2. The SMILES string of the molecule is Fc1cc(F)cc(C2CCN(N3CCC(c4ccc(F)c(F)c4)CC3)CC2)c1. The maximum atomic E-state index is 13.5. The van der Waals surface area contributed by atoms with Crippen LogP contribution in [0, 0.1) is 23.3 Å². The molecule has 0 saturated carbocycles. The van der Waals surface area contributed by atoms with Gasteiger partial charge in [-0.15, -0.1) is 0 Å². The molecular weight excluding hydrogens is 368 g/mol. The zero-order chi connectivity index (χ0) is 19.7. The van der Waals surface area contributed by atoms with Crippen molar-refractivity contribution in [3.63, 3.8) is 0 Å². The van der Waals surface area contributed by atoms with E-state index in [4.69, 9.17) is 0 Å². The van der Waals surface area contributed by atoms with Crippen molar-refractivity contribution in [1.29, 1.82) is 0 Å². The van der Waals surface area contributed by atoms with Gasteiger partial charge >= 0.3 is 0 Å². The third-order valence-corrected chi connectivity index (χ3v) is 6.11. The summed E-state index contributed by atoms with van der Waals surface area (Å²) in [4.78, 5) is 0. The van der Waals surface area contributed by atoms with E-state index in [1.54, 1.807) is 6.07 Å². The van der Waals surface area contributed by atoms with Gasteiger partial charge in [0.25, 0.3) is 0 Å². The Hall–Kier alpha value is -1.92. The first-order valence-corrected chi connectivity index (χ1v) is 9.90. The summed E-state index contributed by atoms with van der Waals surface area (Å²) in [5.74, 6) is -2.19. The largest absolute Gasteiger partial charge is 0.242 e. The van der Waals surface area contributed by atoms with Gasteiger partial charge in [0, 0.05) is 32.2 Å². The predicted octanol–water partition coefficient (Wildman–Crippen LogP) is 5.22. The molecule has 2 aliphatic rings. The average Bonchev–Trinajstić information content (AvgIpc) is 2.70. The van der Waals surface area contributed by atoms with Crippen LogP contribution in [0.15, 0.2) is 36.4 Å². The van der Waals surface area contributed by atoms with E-state index in [-0.39, 0.29) is 11.8 Å². The minimum atomic E-state index is -0.803. The van der Waals surface area contributed by atoms with Gasteiger partial charge in [-0.05, 0) is 72.9 Å². The molecule has 0 aromatic heterocycles. The molecule has 28 heavy (non-hydrogen) atoms. The Balaban J connectivity index is 1.31. The highest BCUT2D eigenvalue weighted by molar-refractivity contribution is 5.23. The van der Waals surface area contributed by atoms with Crippen LogP contribution in [0.1, 0.15) is 48.6 Å². The van der Waals surface area contributed by atoms with Crippen LogP contribution in [-0.2, 0) is 0 Å². The number of benzene rings is 2. The first-order chi connectivity index (χ1) is 13.5. The van der Waals surface area contributed by atoms with Gasteiger partial charge in [0.05, 0.1) is 0 Å². The summed E-state index contributed by atoms with van der Waals surface area (Å²) in [5.41, 5.74) is 1.61. The molecule has 2 nitrogen and oxygen atoms in total. The molecule has 150 valence electrons. The highest BCUT2D eigenvalue weighted by Gasteiger charge is 2.29. The Morgan fingerprint density at radius 3 is 1.57 bits per heavy atom. The first kappa shape index (κ1) is 19.4. The van der Waals surface area contributed by atoms with Crippen molar-refractivity contribution < 1.29 is 17.6 Å². The number of hydrogen-bond donors (Lipinski definition) is 0. The van der Waals surface area contributed by atoms with Gasteiger partial charge in [0.2, 0.25) is 0 Å². The van der Waals surface area contributed by atoms with Gasteiger partial charge in [-0.1, -0.05) is 6.07 Å². The highest BCUT2D eigenvalue weighted by Crippen LogP contribution is 2.33. The Morgan fingerprint density at radius 1 is 0.571 bits per heavy atom. The van der Waals surface area contributed by atoms with Crippen LogP contribution >= 0.6 is 0 Å². The lowest BCUT2D eigenvalue weighted by Crippen LogP contribution is -2.49. The summed E-state index contributed by atoms with van der Waals surface area (Å²) < 4.78 is 53.6. The normalized spacial score (nSPS) is 20.6. The van der Waals surface area contributed by atoms with E-state index in [1.165, 1.54) is 24.3 Å². The van der Waals surface area contributed by atoms with Gasteiger partial charge < -0.3 is 0 Å². The lowest BCUT2D eigenvalue weighted by molar-refractivity contribution is -0.0586. The number of hydrogen-bond acceptors (Lipinski definition) is 2. The third kappa shape index (κ3) is 4.23. The summed E-state index contributed by atoms with van der Waals surface area (Å²) in [5, 5.41) is 4.66. The molecule has 2 aliphatic heterocycles. The minimum absolute atomic E-state index is 0.182. The van der Waals surface area contributed by atoms with E-state index < -0.39 is 23.3 Å². The van der Waals surface area contributed by atoms with E-state index in [9.17, 15) is 17.6 Å². The van der Waals surface area contributed by atoms with Crippen LogP contribution in [0.5, 0.6) is 0 Å². The molecule has 4 rings (SSSR count). The van der Waals surface area contributed by atoms with Crippen molar-refractivity contribution in [3.05, 3.63) is 70.8 Å². The molecule has 2 saturated heterocycles. The molecule has 0 spiro atoms. The van der Waals surface area contributed by atoms with Crippen LogP contribution in [0.3, 0.4) is 0 Å². The van der Waals surface area contributed by atoms with E-state index in [2.05, 4.69) is 10.0 Å². The topological polar surface area (TPSA) is 6.48 Å². The summed E-state index contributed by atoms with van der Waals surface area (Å²) in [7, 11) is 0. The molecule has 6 heteroatoms. The van der Waals surface area contributed by atoms with Crippen molar-refractivity contribution >= 4 is 0 Å². The van der Waals surface area contributed by atoms with Crippen molar-refractivity contribution in [1.82, 2.24) is 10.0 Å². The van der Waals surface area contributed by atoms with Gasteiger partial charge in [-0.3, -0.25) is 0 Å². The van der Waals surface area contributed by atoms with Crippen LogP contribution in [0.25, 0.3) is 0 Å². The number of piperidine rings is 2. The molecule has 0 amide bonds. The Bertz CT molecular complexity index is 805. The quantitative estimate of drug-likeness (QED) is 0.661. The van der Waals surface area contributed by atoms with E-state index >= 15 is 0 Å². The fourth-order valence-electron chi connectivity index (χ4n) is 4.54. The van der Waals surface area contributed by atoms with Gasteiger partial charge in [0.15, 0.2) is 11.6 Å². The summed E-state index contributed by atoms with van der Waals surface area (Å²) in [6.07, 6.45) is 3.54. The second kappa shape index (κ2) is 8.21. The molecule has 0 atom stereocenters. The predicted molar refractivity (Wildman–Crippen MR) is 99.8 cm³/mol. The molecule has 2 aromatic rings. The summed E-state index contributed by atoms with van der Waals surface area (Å²) in [6.45, 7) is 3.48. The van der Waals surface area contributed by atoms with Crippen molar-refractivity contribution in [2.24, 2.45) is 0 Å². The van der Waals surface area contributed by atoms with Gasteiger partial charge in [-0.2, -0.15) is 0 Å². The first-order valence-electron chi connectivity index (χ1n) is 9.90. The molecule has 0 N–H and O–H groups in total. The minimum Gasteiger partial charge on any atom is -0.242 e. The van der Waals surface area contributed by atoms with Gasteiger partial charge in [0.1, 0.15) is 11.6 Å². The second-order valence-corrected chi connectivity index (χ2v) is 7.83. The van der Waals surface area contributed by atoms with Gasteiger partial charge in [-0.25, -0.2) is 27.6 Å². The van der Waals surface area contributed by atoms with Crippen LogP contribution in [-0.4, -0.2) is 36.2 Å². The Labute approximate surface area is 162 Å². The fraction of sp³-hybridized carbons (Fsp3) is 0.455. The second-order valence-electron chi connectivity index (χ2n) is 7.83. The Kier molecular flexibility index (Phi) is 5.69. The van der Waals surface area contributed by atoms with E-state index in [0.29, 0.717) is 0 Å².